The van der Waals surface area contributed by atoms with Crippen LogP contribution in [0, 0.1) is 0 Å². The number of rotatable bonds is 3. The average molecular weight is 295 g/mol. The maximum atomic E-state index is 12.4. The first kappa shape index (κ1) is 14.4. The van der Waals surface area contributed by atoms with Crippen LogP contribution in [0.15, 0.2) is 57.7 Å². The van der Waals surface area contributed by atoms with Crippen molar-refractivity contribution in [3.8, 4) is 17.1 Å². The van der Waals surface area contributed by atoms with Gasteiger partial charge in [0.05, 0.1) is 0 Å². The van der Waals surface area contributed by atoms with Crippen LogP contribution in [0.5, 0.6) is 5.75 Å². The quantitative estimate of drug-likeness (QED) is 0.806. The Hall–Kier alpha value is -2.59. The Labute approximate surface area is 128 Å². The first-order valence-electron chi connectivity index (χ1n) is 7.05. The maximum absolute atomic E-state index is 12.4. The van der Waals surface area contributed by atoms with Crippen molar-refractivity contribution < 1.29 is 9.52 Å². The van der Waals surface area contributed by atoms with Crippen LogP contribution in [0.25, 0.3) is 22.3 Å². The third-order valence-corrected chi connectivity index (χ3v) is 3.48. The zero-order valence-corrected chi connectivity index (χ0v) is 12.5. The van der Waals surface area contributed by atoms with E-state index in [1.807, 2.05) is 49.3 Å². The number of phenolic OH excluding ortho intramolecular Hbond substituents is 1. The van der Waals surface area contributed by atoms with Crippen molar-refractivity contribution in [3.05, 3.63) is 64.3 Å². The molecule has 2 aromatic carbocycles. The molecule has 3 aromatic rings. The highest BCUT2D eigenvalue weighted by atomic mass is 16.3. The van der Waals surface area contributed by atoms with Gasteiger partial charge >= 0.3 is 0 Å². The number of phenols is 1. The molecule has 0 saturated carbocycles. The van der Waals surface area contributed by atoms with Crippen LogP contribution in [0.2, 0.25) is 0 Å². The lowest BCUT2D eigenvalue weighted by molar-refractivity contribution is 0.400. The Morgan fingerprint density at radius 1 is 1.09 bits per heavy atom. The van der Waals surface area contributed by atoms with E-state index in [9.17, 15) is 9.90 Å². The van der Waals surface area contributed by atoms with Gasteiger partial charge in [-0.1, -0.05) is 36.4 Å². The lowest BCUT2D eigenvalue weighted by Crippen LogP contribution is -2.12. The number of nitrogens with zero attached hydrogens (tertiary/aromatic N) is 1. The zero-order chi connectivity index (χ0) is 15.7. The van der Waals surface area contributed by atoms with Crippen LogP contribution in [0.3, 0.4) is 0 Å². The summed E-state index contributed by atoms with van der Waals surface area (Å²) in [5.41, 5.74) is 1.91. The summed E-state index contributed by atoms with van der Waals surface area (Å²) in [6.07, 6.45) is 0. The van der Waals surface area contributed by atoms with Gasteiger partial charge in [-0.15, -0.1) is 0 Å². The summed E-state index contributed by atoms with van der Waals surface area (Å²) < 4.78 is 5.95. The summed E-state index contributed by atoms with van der Waals surface area (Å²) in [4.78, 5) is 14.4. The minimum absolute atomic E-state index is 0.0501. The summed E-state index contributed by atoms with van der Waals surface area (Å²) >= 11 is 0. The third-order valence-electron chi connectivity index (χ3n) is 3.48. The second kappa shape index (κ2) is 5.66. The number of fused-ring (bicyclic) bond motifs is 1. The largest absolute Gasteiger partial charge is 0.507 e. The highest BCUT2D eigenvalue weighted by molar-refractivity contribution is 5.87. The molecule has 4 heteroatoms. The molecule has 0 fully saturated rings. The number of benzene rings is 2. The van der Waals surface area contributed by atoms with E-state index < -0.39 is 0 Å². The Morgan fingerprint density at radius 3 is 2.50 bits per heavy atom. The lowest BCUT2D eigenvalue weighted by atomic mass is 10.1. The van der Waals surface area contributed by atoms with E-state index in [0.717, 1.165) is 11.1 Å². The van der Waals surface area contributed by atoms with Gasteiger partial charge in [0.2, 0.25) is 0 Å². The number of hydrogen-bond donors (Lipinski definition) is 1. The highest BCUT2D eigenvalue weighted by Crippen LogP contribution is 2.29. The van der Waals surface area contributed by atoms with Crippen molar-refractivity contribution in [1.29, 1.82) is 0 Å². The summed E-state index contributed by atoms with van der Waals surface area (Å²) in [6.45, 7) is 0.623. The standard InChI is InChI=1S/C18H17NO3/c1-19(2)11-13-8-9-14(20)17-15(21)10-16(22-18(13)17)12-6-4-3-5-7-12/h3-10,20H,11H2,1-2H3. The molecule has 22 heavy (non-hydrogen) atoms. The van der Waals surface area contributed by atoms with E-state index in [1.165, 1.54) is 6.07 Å². The van der Waals surface area contributed by atoms with Crippen LogP contribution in [0.4, 0.5) is 0 Å². The van der Waals surface area contributed by atoms with E-state index in [1.54, 1.807) is 12.1 Å². The molecule has 0 amide bonds. The predicted molar refractivity (Wildman–Crippen MR) is 87.0 cm³/mol. The minimum Gasteiger partial charge on any atom is -0.507 e. The molecule has 0 aliphatic carbocycles. The van der Waals surface area contributed by atoms with Gasteiger partial charge in [-0.3, -0.25) is 4.79 Å². The topological polar surface area (TPSA) is 53.7 Å². The van der Waals surface area contributed by atoms with Crippen LogP contribution in [-0.4, -0.2) is 24.1 Å². The van der Waals surface area contributed by atoms with Gasteiger partial charge in [-0.2, -0.15) is 0 Å². The molecule has 1 heterocycles. The molecular weight excluding hydrogens is 278 g/mol. The monoisotopic (exact) mass is 295 g/mol. The van der Waals surface area contributed by atoms with Gasteiger partial charge in [0.25, 0.3) is 0 Å². The summed E-state index contributed by atoms with van der Waals surface area (Å²) in [7, 11) is 3.88. The Kier molecular flexibility index (Phi) is 3.69. The molecule has 3 rings (SSSR count). The second-order valence-corrected chi connectivity index (χ2v) is 5.53. The number of hydrogen-bond acceptors (Lipinski definition) is 4. The SMILES string of the molecule is CN(C)Cc1ccc(O)c2c(=O)cc(-c3ccccc3)oc12. The van der Waals surface area contributed by atoms with Gasteiger partial charge in [0.15, 0.2) is 5.43 Å². The smallest absolute Gasteiger partial charge is 0.197 e. The first-order chi connectivity index (χ1) is 10.6. The molecular formula is C18H17NO3. The minimum atomic E-state index is -0.238. The van der Waals surface area contributed by atoms with Crippen molar-refractivity contribution in [1.82, 2.24) is 4.90 Å². The molecule has 0 aliphatic heterocycles. The van der Waals surface area contributed by atoms with Gasteiger partial charge < -0.3 is 14.4 Å². The molecule has 1 aromatic heterocycles. The average Bonchev–Trinajstić information content (AvgIpc) is 2.50. The zero-order valence-electron chi connectivity index (χ0n) is 12.5. The van der Waals surface area contributed by atoms with Gasteiger partial charge in [-0.25, -0.2) is 0 Å². The molecule has 0 spiro atoms. The van der Waals surface area contributed by atoms with Crippen molar-refractivity contribution in [2.75, 3.05) is 14.1 Å². The van der Waals surface area contributed by atoms with Crippen LogP contribution in [0.1, 0.15) is 5.56 Å². The maximum Gasteiger partial charge on any atom is 0.197 e. The molecule has 112 valence electrons. The van der Waals surface area contributed by atoms with Gasteiger partial charge in [0.1, 0.15) is 22.5 Å². The highest BCUT2D eigenvalue weighted by Gasteiger charge is 2.14. The fraction of sp³-hybridized carbons (Fsp3) is 0.167. The van der Waals surface area contributed by atoms with Crippen LogP contribution in [-0.2, 0) is 6.54 Å². The van der Waals surface area contributed by atoms with Crippen LogP contribution >= 0.6 is 0 Å². The van der Waals surface area contributed by atoms with Gasteiger partial charge in [-0.05, 0) is 20.2 Å². The first-order valence-corrected chi connectivity index (χ1v) is 7.05. The Morgan fingerprint density at radius 2 is 1.82 bits per heavy atom. The van der Waals surface area contributed by atoms with Crippen molar-refractivity contribution >= 4 is 11.0 Å². The predicted octanol–water partition coefficient (Wildman–Crippen LogP) is 3.23. The third kappa shape index (κ3) is 2.61. The van der Waals surface area contributed by atoms with E-state index >= 15 is 0 Å². The molecule has 4 nitrogen and oxygen atoms in total. The van der Waals surface area contributed by atoms with Crippen molar-refractivity contribution in [2.24, 2.45) is 0 Å². The lowest BCUT2D eigenvalue weighted by Gasteiger charge is -2.13. The van der Waals surface area contributed by atoms with E-state index in [0.29, 0.717) is 17.9 Å². The fourth-order valence-corrected chi connectivity index (χ4v) is 2.51. The van der Waals surface area contributed by atoms with Crippen molar-refractivity contribution in [2.45, 2.75) is 6.54 Å². The number of aromatic hydroxyl groups is 1. The molecule has 0 bridgehead atoms. The van der Waals surface area contributed by atoms with E-state index in [-0.39, 0.29) is 16.6 Å². The molecule has 0 unspecified atom stereocenters. The Balaban J connectivity index is 2.29. The van der Waals surface area contributed by atoms with Gasteiger partial charge in [0, 0.05) is 23.7 Å². The van der Waals surface area contributed by atoms with Crippen LogP contribution < -0.4 is 5.43 Å². The normalized spacial score (nSPS) is 11.2. The van der Waals surface area contributed by atoms with E-state index in [2.05, 4.69) is 0 Å². The molecule has 0 radical (unpaired) electrons. The summed E-state index contributed by atoms with van der Waals surface area (Å²) in [6, 6.07) is 14.2. The molecule has 1 N–H and O–H groups in total. The van der Waals surface area contributed by atoms with E-state index in [4.69, 9.17) is 4.42 Å². The summed E-state index contributed by atoms with van der Waals surface area (Å²) in [5, 5.41) is 10.2. The second-order valence-electron chi connectivity index (χ2n) is 5.53. The summed E-state index contributed by atoms with van der Waals surface area (Å²) in [5.74, 6) is 0.453. The molecule has 0 atom stereocenters. The van der Waals surface area contributed by atoms with Crippen molar-refractivity contribution in [3.63, 3.8) is 0 Å². The molecule has 0 saturated heterocycles. The molecule has 0 aliphatic rings. The Bertz CT molecular complexity index is 867. The fourth-order valence-electron chi connectivity index (χ4n) is 2.51.